The summed E-state index contributed by atoms with van der Waals surface area (Å²) in [7, 11) is 0. The highest BCUT2D eigenvalue weighted by Crippen LogP contribution is 2.16. The lowest BCUT2D eigenvalue weighted by atomic mass is 10.1. The van der Waals surface area contributed by atoms with Gasteiger partial charge in [-0.2, -0.15) is 5.21 Å². The van der Waals surface area contributed by atoms with Crippen LogP contribution in [0.25, 0.3) is 11.4 Å². The van der Waals surface area contributed by atoms with E-state index in [1.807, 2.05) is 0 Å². The number of aromatic nitrogens is 4. The lowest BCUT2D eigenvalue weighted by Gasteiger charge is -2.24. The monoisotopic (exact) mass is 289 g/mol. The van der Waals surface area contributed by atoms with Crippen molar-refractivity contribution >= 4 is 11.9 Å². The largest absolute Gasteiger partial charge is 0.480 e. The van der Waals surface area contributed by atoms with Crippen molar-refractivity contribution in [2.45, 2.75) is 19.9 Å². The van der Waals surface area contributed by atoms with E-state index in [1.165, 1.54) is 4.90 Å². The summed E-state index contributed by atoms with van der Waals surface area (Å²) in [4.78, 5) is 24.5. The number of hydrogen-bond acceptors (Lipinski definition) is 5. The quantitative estimate of drug-likeness (QED) is 0.842. The van der Waals surface area contributed by atoms with Crippen LogP contribution in [0.4, 0.5) is 0 Å². The number of H-pyrrole nitrogens is 1. The van der Waals surface area contributed by atoms with Gasteiger partial charge in [-0.3, -0.25) is 9.59 Å². The molecule has 0 unspecified atom stereocenters. The summed E-state index contributed by atoms with van der Waals surface area (Å²) < 4.78 is 0. The van der Waals surface area contributed by atoms with Gasteiger partial charge in [-0.05, 0) is 31.2 Å². The molecular formula is C13H15N5O3. The average molecular weight is 289 g/mol. The third-order valence-electron chi connectivity index (χ3n) is 2.93. The highest BCUT2D eigenvalue weighted by Gasteiger charge is 2.21. The van der Waals surface area contributed by atoms with E-state index in [9.17, 15) is 9.59 Å². The van der Waals surface area contributed by atoms with E-state index in [2.05, 4.69) is 20.6 Å². The number of nitrogens with one attached hydrogen (secondary N) is 1. The molecule has 0 spiro atoms. The number of carboxylic acids is 1. The van der Waals surface area contributed by atoms with Gasteiger partial charge in [0.25, 0.3) is 5.91 Å². The highest BCUT2D eigenvalue weighted by molar-refractivity contribution is 5.96. The second-order valence-electron chi connectivity index (χ2n) is 4.73. The molecule has 0 fully saturated rings. The zero-order chi connectivity index (χ0) is 15.4. The summed E-state index contributed by atoms with van der Waals surface area (Å²) in [6.07, 6.45) is 0. The first-order chi connectivity index (χ1) is 9.99. The second-order valence-corrected chi connectivity index (χ2v) is 4.73. The van der Waals surface area contributed by atoms with Crippen molar-refractivity contribution in [2.75, 3.05) is 6.54 Å². The molecule has 8 nitrogen and oxygen atoms in total. The molecule has 1 aromatic heterocycles. The summed E-state index contributed by atoms with van der Waals surface area (Å²) >= 11 is 0. The molecule has 1 heterocycles. The predicted octanol–water partition coefficient (Wildman–Crippen LogP) is 0.802. The topological polar surface area (TPSA) is 112 Å². The standard InChI is InChI=1S/C13H15N5O3/c1-8(2)18(7-11(19)20)13(21)10-5-3-9(4-6-10)12-14-16-17-15-12/h3-6,8H,7H2,1-2H3,(H,19,20)(H,14,15,16,17). The first-order valence-electron chi connectivity index (χ1n) is 6.35. The van der Waals surface area contributed by atoms with Gasteiger partial charge in [0.15, 0.2) is 0 Å². The minimum atomic E-state index is -1.04. The zero-order valence-electron chi connectivity index (χ0n) is 11.6. The van der Waals surface area contributed by atoms with E-state index >= 15 is 0 Å². The van der Waals surface area contributed by atoms with Gasteiger partial charge in [-0.15, -0.1) is 10.2 Å². The van der Waals surface area contributed by atoms with Crippen LogP contribution in [0.2, 0.25) is 0 Å². The lowest BCUT2D eigenvalue weighted by molar-refractivity contribution is -0.138. The third kappa shape index (κ3) is 3.41. The number of amides is 1. The molecule has 1 aromatic carbocycles. The predicted molar refractivity (Wildman–Crippen MR) is 73.4 cm³/mol. The first-order valence-corrected chi connectivity index (χ1v) is 6.35. The summed E-state index contributed by atoms with van der Waals surface area (Å²) in [5, 5.41) is 22.4. The fourth-order valence-electron chi connectivity index (χ4n) is 1.85. The maximum atomic E-state index is 12.3. The van der Waals surface area contributed by atoms with Gasteiger partial charge in [0.2, 0.25) is 5.82 Å². The number of carboxylic acid groups (broad SMARTS) is 1. The van der Waals surface area contributed by atoms with Crippen LogP contribution < -0.4 is 0 Å². The van der Waals surface area contributed by atoms with Crippen LogP contribution in [0.5, 0.6) is 0 Å². The van der Waals surface area contributed by atoms with Crippen molar-refractivity contribution in [3.05, 3.63) is 29.8 Å². The van der Waals surface area contributed by atoms with Gasteiger partial charge in [0, 0.05) is 17.2 Å². The van der Waals surface area contributed by atoms with Gasteiger partial charge >= 0.3 is 5.97 Å². The van der Waals surface area contributed by atoms with Crippen molar-refractivity contribution in [3.63, 3.8) is 0 Å². The van der Waals surface area contributed by atoms with Gasteiger partial charge in [0.1, 0.15) is 6.54 Å². The minimum absolute atomic E-state index is 0.203. The van der Waals surface area contributed by atoms with E-state index in [0.717, 1.165) is 5.56 Å². The molecule has 0 saturated carbocycles. The molecule has 1 amide bonds. The van der Waals surface area contributed by atoms with Crippen LogP contribution >= 0.6 is 0 Å². The Kier molecular flexibility index (Phi) is 4.27. The van der Waals surface area contributed by atoms with Crippen LogP contribution in [0, 0.1) is 0 Å². The maximum absolute atomic E-state index is 12.3. The molecule has 110 valence electrons. The molecule has 0 bridgehead atoms. The zero-order valence-corrected chi connectivity index (χ0v) is 11.6. The summed E-state index contributed by atoms with van der Waals surface area (Å²) in [5.41, 5.74) is 1.13. The van der Waals surface area contributed by atoms with Crippen LogP contribution in [-0.2, 0) is 4.79 Å². The van der Waals surface area contributed by atoms with Crippen LogP contribution in [-0.4, -0.2) is 55.1 Å². The molecule has 2 N–H and O–H groups in total. The first kappa shape index (κ1) is 14.6. The Bertz CT molecular complexity index is 622. The molecule has 0 atom stereocenters. The fraction of sp³-hybridized carbons (Fsp3) is 0.308. The van der Waals surface area contributed by atoms with E-state index < -0.39 is 5.97 Å². The van der Waals surface area contributed by atoms with Crippen molar-refractivity contribution in [2.24, 2.45) is 0 Å². The number of aromatic amines is 1. The maximum Gasteiger partial charge on any atom is 0.323 e. The third-order valence-corrected chi connectivity index (χ3v) is 2.93. The Morgan fingerprint density at radius 3 is 2.43 bits per heavy atom. The Balaban J connectivity index is 2.20. The van der Waals surface area contributed by atoms with Crippen molar-refractivity contribution in [1.82, 2.24) is 25.5 Å². The number of rotatable bonds is 5. The van der Waals surface area contributed by atoms with Crippen LogP contribution in [0.3, 0.4) is 0 Å². The van der Waals surface area contributed by atoms with Crippen molar-refractivity contribution in [1.29, 1.82) is 0 Å². The Morgan fingerprint density at radius 1 is 1.29 bits per heavy atom. The van der Waals surface area contributed by atoms with E-state index in [-0.39, 0.29) is 18.5 Å². The fourth-order valence-corrected chi connectivity index (χ4v) is 1.85. The Morgan fingerprint density at radius 2 is 1.95 bits per heavy atom. The molecule has 0 radical (unpaired) electrons. The van der Waals surface area contributed by atoms with Crippen molar-refractivity contribution < 1.29 is 14.7 Å². The summed E-state index contributed by atoms with van der Waals surface area (Å²) in [5.74, 6) is -0.937. The van der Waals surface area contributed by atoms with E-state index in [0.29, 0.717) is 11.4 Å². The Hall–Kier alpha value is -2.77. The highest BCUT2D eigenvalue weighted by atomic mass is 16.4. The molecule has 0 aliphatic carbocycles. The number of hydrogen-bond donors (Lipinski definition) is 2. The average Bonchev–Trinajstić information content (AvgIpc) is 2.98. The summed E-state index contributed by atoms with van der Waals surface area (Å²) in [6, 6.07) is 6.41. The molecule has 8 heteroatoms. The number of nitrogens with zero attached hydrogens (tertiary/aromatic N) is 4. The van der Waals surface area contributed by atoms with Crippen molar-refractivity contribution in [3.8, 4) is 11.4 Å². The van der Waals surface area contributed by atoms with E-state index in [1.54, 1.807) is 38.1 Å². The van der Waals surface area contributed by atoms with Crippen LogP contribution in [0.1, 0.15) is 24.2 Å². The number of carbonyl (C=O) groups is 2. The van der Waals surface area contributed by atoms with Gasteiger partial charge in [-0.25, -0.2) is 0 Å². The summed E-state index contributed by atoms with van der Waals surface area (Å²) in [6.45, 7) is 3.21. The molecule has 0 aliphatic heterocycles. The second kappa shape index (κ2) is 6.12. The molecule has 21 heavy (non-hydrogen) atoms. The Labute approximate surface area is 120 Å². The normalized spacial score (nSPS) is 10.6. The SMILES string of the molecule is CC(C)N(CC(=O)O)C(=O)c1ccc(-c2nn[nH]n2)cc1. The van der Waals surface area contributed by atoms with Gasteiger partial charge < -0.3 is 10.0 Å². The number of tetrazole rings is 1. The molecule has 2 rings (SSSR count). The van der Waals surface area contributed by atoms with Crippen LogP contribution in [0.15, 0.2) is 24.3 Å². The molecule has 2 aromatic rings. The number of benzene rings is 1. The lowest BCUT2D eigenvalue weighted by Crippen LogP contribution is -2.40. The van der Waals surface area contributed by atoms with Gasteiger partial charge in [0.05, 0.1) is 0 Å². The van der Waals surface area contributed by atoms with E-state index in [4.69, 9.17) is 5.11 Å². The number of carbonyl (C=O) groups excluding carboxylic acids is 1. The minimum Gasteiger partial charge on any atom is -0.480 e. The smallest absolute Gasteiger partial charge is 0.323 e. The number of aliphatic carboxylic acids is 1. The molecule has 0 saturated heterocycles. The van der Waals surface area contributed by atoms with Gasteiger partial charge in [-0.1, -0.05) is 12.1 Å². The molecular weight excluding hydrogens is 274 g/mol. The molecule has 0 aliphatic rings.